The molecular weight excluding hydrogens is 332 g/mol. The van der Waals surface area contributed by atoms with E-state index in [0.29, 0.717) is 18.7 Å². The topological polar surface area (TPSA) is 106 Å². The van der Waals surface area contributed by atoms with E-state index >= 15 is 0 Å². The minimum atomic E-state index is -3.69. The van der Waals surface area contributed by atoms with Gasteiger partial charge in [0.25, 0.3) is 10.1 Å². The van der Waals surface area contributed by atoms with Crippen LogP contribution in [0, 0.1) is 0 Å². The molecule has 8 heteroatoms. The molecule has 7 nitrogen and oxygen atoms in total. The second-order valence-electron chi connectivity index (χ2n) is 5.04. The summed E-state index contributed by atoms with van der Waals surface area (Å²) in [6.07, 6.45) is 2.16. The first-order valence-electron chi connectivity index (χ1n) is 7.26. The maximum absolute atomic E-state index is 11.8. The summed E-state index contributed by atoms with van der Waals surface area (Å²) in [4.78, 5) is 14.7. The molecular formula is C16H18N2O5S. The molecule has 0 aliphatic rings. The van der Waals surface area contributed by atoms with Crippen LogP contribution in [0.3, 0.4) is 0 Å². The Hall–Kier alpha value is -2.29. The van der Waals surface area contributed by atoms with Crippen LogP contribution in [0.5, 0.6) is 0 Å². The second-order valence-corrected chi connectivity index (χ2v) is 6.68. The van der Waals surface area contributed by atoms with Crippen LogP contribution in [0.1, 0.15) is 21.6 Å². The van der Waals surface area contributed by atoms with E-state index in [4.69, 9.17) is 9.29 Å². The number of nitrogens with zero attached hydrogens (tertiary/aromatic N) is 1. The summed E-state index contributed by atoms with van der Waals surface area (Å²) in [6, 6.07) is 11.6. The smallest absolute Gasteiger partial charge is 0.335 e. The molecule has 0 radical (unpaired) electrons. The largest absolute Gasteiger partial charge is 0.478 e. The Bertz CT molecular complexity index is 761. The number of carboxylic acids is 1. The highest BCUT2D eigenvalue weighted by atomic mass is 32.2. The number of aromatic nitrogens is 1. The molecule has 0 saturated carbocycles. The van der Waals surface area contributed by atoms with Gasteiger partial charge in [0.1, 0.15) is 12.5 Å². The Morgan fingerprint density at radius 2 is 1.92 bits per heavy atom. The molecule has 0 aliphatic carbocycles. The van der Waals surface area contributed by atoms with Crippen molar-refractivity contribution in [2.24, 2.45) is 0 Å². The first kappa shape index (κ1) is 18.1. The van der Waals surface area contributed by atoms with Gasteiger partial charge in [-0.05, 0) is 36.2 Å². The Kier molecular flexibility index (Phi) is 6.42. The summed E-state index contributed by atoms with van der Waals surface area (Å²) in [5, 5.41) is 11.7. The molecule has 2 aromatic rings. The van der Waals surface area contributed by atoms with Gasteiger partial charge >= 0.3 is 5.97 Å². The summed E-state index contributed by atoms with van der Waals surface area (Å²) in [5.74, 6) is -1.24. The minimum absolute atomic E-state index is 0.123. The van der Waals surface area contributed by atoms with Crippen molar-refractivity contribution < 1.29 is 22.5 Å². The van der Waals surface area contributed by atoms with Crippen molar-refractivity contribution in [1.29, 1.82) is 0 Å². The quantitative estimate of drug-likeness (QED) is 0.400. The van der Waals surface area contributed by atoms with Crippen molar-refractivity contribution >= 4 is 16.1 Å². The highest BCUT2D eigenvalue weighted by molar-refractivity contribution is 7.85. The van der Waals surface area contributed by atoms with Crippen LogP contribution < -0.4 is 5.32 Å². The van der Waals surface area contributed by atoms with Crippen LogP contribution in [0.4, 0.5) is 0 Å². The van der Waals surface area contributed by atoms with Gasteiger partial charge in [-0.25, -0.2) is 4.79 Å². The number of pyridine rings is 1. The molecule has 128 valence electrons. The van der Waals surface area contributed by atoms with Crippen LogP contribution >= 0.6 is 0 Å². The monoisotopic (exact) mass is 350 g/mol. The normalized spacial score (nSPS) is 11.3. The number of aromatic carboxylic acids is 1. The van der Waals surface area contributed by atoms with Crippen LogP contribution in [0.25, 0.3) is 0 Å². The molecule has 0 amide bonds. The number of hydrogen-bond donors (Lipinski definition) is 2. The fraction of sp³-hybridized carbons (Fsp3) is 0.250. The Morgan fingerprint density at radius 3 is 2.54 bits per heavy atom. The molecule has 2 rings (SSSR count). The van der Waals surface area contributed by atoms with Gasteiger partial charge < -0.3 is 5.11 Å². The molecule has 0 aliphatic heterocycles. The maximum Gasteiger partial charge on any atom is 0.335 e. The third-order valence-electron chi connectivity index (χ3n) is 3.18. The lowest BCUT2D eigenvalue weighted by atomic mass is 10.1. The van der Waals surface area contributed by atoms with Gasteiger partial charge in [0.15, 0.2) is 0 Å². The molecule has 0 unspecified atom stereocenters. The highest BCUT2D eigenvalue weighted by Gasteiger charge is 2.12. The first-order chi connectivity index (χ1) is 11.5. The SMILES string of the molecule is O=C(O)c1ccc(CCNCOS(=O)(=O)Cc2ccccn2)cc1. The zero-order valence-electron chi connectivity index (χ0n) is 12.9. The van der Waals surface area contributed by atoms with Gasteiger partial charge in [0, 0.05) is 12.7 Å². The molecule has 0 bridgehead atoms. The molecule has 1 aromatic carbocycles. The van der Waals surface area contributed by atoms with Crippen molar-refractivity contribution in [1.82, 2.24) is 10.3 Å². The molecule has 24 heavy (non-hydrogen) atoms. The van der Waals surface area contributed by atoms with Gasteiger partial charge in [-0.1, -0.05) is 18.2 Å². The molecule has 2 N–H and O–H groups in total. The van der Waals surface area contributed by atoms with Crippen LogP contribution in [-0.2, 0) is 26.5 Å². The number of carbonyl (C=O) groups is 1. The van der Waals surface area contributed by atoms with E-state index in [-0.39, 0.29) is 18.0 Å². The van der Waals surface area contributed by atoms with E-state index in [9.17, 15) is 13.2 Å². The van der Waals surface area contributed by atoms with Crippen molar-refractivity contribution in [3.63, 3.8) is 0 Å². The fourth-order valence-corrected chi connectivity index (χ4v) is 2.84. The lowest BCUT2D eigenvalue weighted by molar-refractivity contribution is 0.0697. The predicted octanol–water partition coefficient (Wildman–Crippen LogP) is 1.42. The van der Waals surface area contributed by atoms with Crippen molar-refractivity contribution in [3.05, 3.63) is 65.5 Å². The van der Waals surface area contributed by atoms with E-state index in [2.05, 4.69) is 10.3 Å². The first-order valence-corrected chi connectivity index (χ1v) is 8.84. The lowest BCUT2D eigenvalue weighted by Crippen LogP contribution is -2.24. The number of hydrogen-bond acceptors (Lipinski definition) is 6. The zero-order chi connectivity index (χ0) is 17.4. The van der Waals surface area contributed by atoms with Gasteiger partial charge in [-0.3, -0.25) is 14.5 Å². The van der Waals surface area contributed by atoms with Crippen LogP contribution in [0.2, 0.25) is 0 Å². The Labute approximate surface area is 140 Å². The van der Waals surface area contributed by atoms with E-state index in [1.54, 1.807) is 30.3 Å². The fourth-order valence-electron chi connectivity index (χ4n) is 1.96. The van der Waals surface area contributed by atoms with Gasteiger partial charge in [-0.2, -0.15) is 8.42 Å². The standard InChI is InChI=1S/C16H18N2O5S/c19-16(20)14-6-4-13(5-7-14)8-10-17-12-23-24(21,22)11-15-3-1-2-9-18-15/h1-7,9,17H,8,10-12H2,(H,19,20). The van der Waals surface area contributed by atoms with Crippen LogP contribution in [0.15, 0.2) is 48.7 Å². The summed E-state index contributed by atoms with van der Waals surface area (Å²) < 4.78 is 28.4. The van der Waals surface area contributed by atoms with E-state index in [1.165, 1.54) is 18.3 Å². The number of benzene rings is 1. The Morgan fingerprint density at radius 1 is 1.17 bits per heavy atom. The molecule has 1 heterocycles. The molecule has 0 saturated heterocycles. The highest BCUT2D eigenvalue weighted by Crippen LogP contribution is 2.05. The summed E-state index contributed by atoms with van der Waals surface area (Å²) in [7, 11) is -3.69. The summed E-state index contributed by atoms with van der Waals surface area (Å²) in [6.45, 7) is 0.383. The second kappa shape index (κ2) is 8.53. The molecule has 0 fully saturated rings. The van der Waals surface area contributed by atoms with Gasteiger partial charge in [0.05, 0.1) is 11.3 Å². The molecule has 0 spiro atoms. The average molecular weight is 350 g/mol. The number of rotatable bonds is 9. The van der Waals surface area contributed by atoms with E-state index < -0.39 is 16.1 Å². The Balaban J connectivity index is 1.69. The van der Waals surface area contributed by atoms with E-state index in [1.807, 2.05) is 0 Å². The summed E-state index contributed by atoms with van der Waals surface area (Å²) >= 11 is 0. The van der Waals surface area contributed by atoms with Crippen molar-refractivity contribution in [2.75, 3.05) is 13.3 Å². The average Bonchev–Trinajstić information content (AvgIpc) is 2.55. The maximum atomic E-state index is 11.8. The minimum Gasteiger partial charge on any atom is -0.478 e. The summed E-state index contributed by atoms with van der Waals surface area (Å²) in [5.41, 5.74) is 1.61. The van der Waals surface area contributed by atoms with Gasteiger partial charge in [-0.15, -0.1) is 0 Å². The number of carboxylic acid groups (broad SMARTS) is 1. The van der Waals surface area contributed by atoms with Crippen LogP contribution in [-0.4, -0.2) is 37.8 Å². The zero-order valence-corrected chi connectivity index (χ0v) is 13.7. The molecule has 0 atom stereocenters. The van der Waals surface area contributed by atoms with Crippen molar-refractivity contribution in [3.8, 4) is 0 Å². The number of nitrogens with one attached hydrogen (secondary N) is 1. The third kappa shape index (κ3) is 6.07. The third-order valence-corrected chi connectivity index (χ3v) is 4.31. The van der Waals surface area contributed by atoms with Gasteiger partial charge in [0.2, 0.25) is 0 Å². The predicted molar refractivity (Wildman–Crippen MR) is 87.9 cm³/mol. The molecule has 1 aromatic heterocycles. The van der Waals surface area contributed by atoms with E-state index in [0.717, 1.165) is 5.56 Å². The van der Waals surface area contributed by atoms with Crippen molar-refractivity contribution in [2.45, 2.75) is 12.2 Å². The lowest BCUT2D eigenvalue weighted by Gasteiger charge is -2.07.